The van der Waals surface area contributed by atoms with E-state index in [0.29, 0.717) is 36.1 Å². The number of hydrogen-bond donors (Lipinski definition) is 0. The smallest absolute Gasteiger partial charge is 0.243 e. The first-order valence-electron chi connectivity index (χ1n) is 8.09. The van der Waals surface area contributed by atoms with Gasteiger partial charge in [0.1, 0.15) is 0 Å². The van der Waals surface area contributed by atoms with Gasteiger partial charge >= 0.3 is 0 Å². The van der Waals surface area contributed by atoms with E-state index in [-0.39, 0.29) is 5.92 Å². The van der Waals surface area contributed by atoms with Crippen LogP contribution in [0.15, 0.2) is 70.1 Å². The van der Waals surface area contributed by atoms with E-state index in [0.717, 1.165) is 5.56 Å². The van der Waals surface area contributed by atoms with E-state index in [2.05, 4.69) is 10.1 Å². The van der Waals surface area contributed by atoms with Crippen LogP contribution in [0, 0.1) is 0 Å². The summed E-state index contributed by atoms with van der Waals surface area (Å²) in [7, 11) is -3.48. The van der Waals surface area contributed by atoms with Gasteiger partial charge in [0, 0.05) is 18.7 Å². The molecule has 0 radical (unpaired) electrons. The molecule has 0 amide bonds. The van der Waals surface area contributed by atoms with Gasteiger partial charge in [0.15, 0.2) is 0 Å². The van der Waals surface area contributed by atoms with Gasteiger partial charge in [0.2, 0.25) is 21.7 Å². The minimum Gasteiger partial charge on any atom is -0.339 e. The van der Waals surface area contributed by atoms with E-state index in [1.165, 1.54) is 4.31 Å². The summed E-state index contributed by atoms with van der Waals surface area (Å²) >= 11 is 0. The molecule has 0 spiro atoms. The van der Waals surface area contributed by atoms with E-state index < -0.39 is 10.0 Å². The molecule has 1 aliphatic heterocycles. The molecule has 0 unspecified atom stereocenters. The van der Waals surface area contributed by atoms with Crippen molar-refractivity contribution < 1.29 is 12.9 Å². The third-order valence-corrected chi connectivity index (χ3v) is 6.23. The van der Waals surface area contributed by atoms with Crippen LogP contribution >= 0.6 is 0 Å². The molecule has 1 aliphatic rings. The summed E-state index contributed by atoms with van der Waals surface area (Å²) < 4.78 is 32.3. The van der Waals surface area contributed by atoms with Crippen LogP contribution in [0.1, 0.15) is 18.2 Å². The van der Waals surface area contributed by atoms with Gasteiger partial charge in [-0.25, -0.2) is 8.42 Å². The molecule has 4 rings (SSSR count). The van der Waals surface area contributed by atoms with Gasteiger partial charge in [-0.15, -0.1) is 0 Å². The molecule has 1 aromatic heterocycles. The van der Waals surface area contributed by atoms with Gasteiger partial charge in [-0.3, -0.25) is 0 Å². The van der Waals surface area contributed by atoms with Crippen molar-refractivity contribution in [2.45, 2.75) is 17.2 Å². The van der Waals surface area contributed by atoms with Crippen LogP contribution in [-0.2, 0) is 10.0 Å². The monoisotopic (exact) mass is 355 g/mol. The van der Waals surface area contributed by atoms with Crippen molar-refractivity contribution in [3.63, 3.8) is 0 Å². The lowest BCUT2D eigenvalue weighted by atomic mass is 10.1. The Morgan fingerprint density at radius 1 is 1.00 bits per heavy atom. The summed E-state index contributed by atoms with van der Waals surface area (Å²) in [6.45, 7) is 0.804. The number of hydrogen-bond acceptors (Lipinski definition) is 5. The molecule has 128 valence electrons. The van der Waals surface area contributed by atoms with Gasteiger partial charge in [0.25, 0.3) is 0 Å². The fourth-order valence-corrected chi connectivity index (χ4v) is 4.52. The molecule has 0 bridgehead atoms. The zero-order valence-electron chi connectivity index (χ0n) is 13.4. The maximum atomic E-state index is 12.7. The Kier molecular flexibility index (Phi) is 4.10. The van der Waals surface area contributed by atoms with Crippen molar-refractivity contribution in [2.75, 3.05) is 13.1 Å². The van der Waals surface area contributed by atoms with Gasteiger partial charge in [-0.1, -0.05) is 53.7 Å². The molecule has 0 saturated carbocycles. The van der Waals surface area contributed by atoms with Crippen LogP contribution in [0.4, 0.5) is 0 Å². The second-order valence-electron chi connectivity index (χ2n) is 5.98. The molecule has 0 aliphatic carbocycles. The van der Waals surface area contributed by atoms with Crippen molar-refractivity contribution >= 4 is 10.0 Å². The molecule has 25 heavy (non-hydrogen) atoms. The number of rotatable bonds is 4. The number of benzene rings is 2. The molecule has 1 atom stereocenters. The van der Waals surface area contributed by atoms with Crippen LogP contribution in [0.3, 0.4) is 0 Å². The third kappa shape index (κ3) is 3.08. The molecule has 6 nitrogen and oxygen atoms in total. The van der Waals surface area contributed by atoms with Gasteiger partial charge in [-0.2, -0.15) is 9.29 Å². The van der Waals surface area contributed by atoms with E-state index in [1.807, 2.05) is 30.3 Å². The Morgan fingerprint density at radius 2 is 1.68 bits per heavy atom. The third-order valence-electron chi connectivity index (χ3n) is 4.35. The van der Waals surface area contributed by atoms with Gasteiger partial charge in [0.05, 0.1) is 10.8 Å². The Hall–Kier alpha value is -2.51. The highest BCUT2D eigenvalue weighted by Crippen LogP contribution is 2.31. The fraction of sp³-hybridized carbons (Fsp3) is 0.222. The molecular weight excluding hydrogens is 338 g/mol. The van der Waals surface area contributed by atoms with Crippen molar-refractivity contribution in [3.8, 4) is 11.4 Å². The minimum atomic E-state index is -3.48. The SMILES string of the molecule is O=S(=O)(c1ccccc1)N1CC[C@H](c2nc(-c3ccccc3)no2)C1. The molecule has 2 aromatic carbocycles. The predicted molar refractivity (Wildman–Crippen MR) is 92.3 cm³/mol. The Bertz CT molecular complexity index is 956. The van der Waals surface area contributed by atoms with Crippen molar-refractivity contribution in [2.24, 2.45) is 0 Å². The summed E-state index contributed by atoms with van der Waals surface area (Å²) in [5.74, 6) is 0.938. The highest BCUT2D eigenvalue weighted by molar-refractivity contribution is 7.89. The van der Waals surface area contributed by atoms with E-state index in [9.17, 15) is 8.42 Å². The summed E-state index contributed by atoms with van der Waals surface area (Å²) in [6, 6.07) is 18.1. The molecule has 3 aromatic rings. The maximum Gasteiger partial charge on any atom is 0.243 e. The first kappa shape index (κ1) is 16.0. The standard InChI is InChI=1S/C18H17N3O3S/c22-25(23,16-9-5-2-6-10-16)21-12-11-15(13-21)18-19-17(20-24-18)14-7-3-1-4-8-14/h1-10,15H,11-13H2/t15-/m0/s1. The summed E-state index contributed by atoms with van der Waals surface area (Å²) in [4.78, 5) is 4.76. The zero-order chi connectivity index (χ0) is 17.3. The minimum absolute atomic E-state index is 0.0801. The van der Waals surface area contributed by atoms with Crippen LogP contribution in [0.5, 0.6) is 0 Å². The van der Waals surface area contributed by atoms with Crippen molar-refractivity contribution in [3.05, 3.63) is 66.6 Å². The zero-order valence-corrected chi connectivity index (χ0v) is 14.3. The quantitative estimate of drug-likeness (QED) is 0.719. The highest BCUT2D eigenvalue weighted by atomic mass is 32.2. The lowest BCUT2D eigenvalue weighted by Crippen LogP contribution is -2.28. The van der Waals surface area contributed by atoms with Crippen LogP contribution in [0.25, 0.3) is 11.4 Å². The average Bonchev–Trinajstić information content (AvgIpc) is 3.33. The van der Waals surface area contributed by atoms with Crippen LogP contribution < -0.4 is 0 Å². The fourth-order valence-electron chi connectivity index (χ4n) is 3.00. The van der Waals surface area contributed by atoms with Crippen LogP contribution in [0.2, 0.25) is 0 Å². The predicted octanol–water partition coefficient (Wildman–Crippen LogP) is 2.91. The molecule has 7 heteroatoms. The largest absolute Gasteiger partial charge is 0.339 e. The molecule has 0 N–H and O–H groups in total. The number of nitrogens with zero attached hydrogens (tertiary/aromatic N) is 3. The second kappa shape index (κ2) is 6.42. The van der Waals surface area contributed by atoms with Gasteiger partial charge < -0.3 is 4.52 Å². The number of sulfonamides is 1. The molecule has 2 heterocycles. The Morgan fingerprint density at radius 3 is 2.40 bits per heavy atom. The first-order valence-corrected chi connectivity index (χ1v) is 9.53. The van der Waals surface area contributed by atoms with Crippen LogP contribution in [-0.4, -0.2) is 36.0 Å². The summed E-state index contributed by atoms with van der Waals surface area (Å²) in [5, 5.41) is 4.02. The van der Waals surface area contributed by atoms with E-state index >= 15 is 0 Å². The summed E-state index contributed by atoms with van der Waals surface area (Å²) in [6.07, 6.45) is 0.669. The summed E-state index contributed by atoms with van der Waals surface area (Å²) in [5.41, 5.74) is 0.879. The van der Waals surface area contributed by atoms with Crippen molar-refractivity contribution in [1.82, 2.24) is 14.4 Å². The first-order chi connectivity index (χ1) is 12.1. The Balaban J connectivity index is 1.53. The molecule has 1 fully saturated rings. The average molecular weight is 355 g/mol. The Labute approximate surface area is 146 Å². The second-order valence-corrected chi connectivity index (χ2v) is 7.92. The van der Waals surface area contributed by atoms with Crippen molar-refractivity contribution in [1.29, 1.82) is 0 Å². The molecular formula is C18H17N3O3S. The van der Waals surface area contributed by atoms with E-state index in [4.69, 9.17) is 4.52 Å². The lowest BCUT2D eigenvalue weighted by Gasteiger charge is -2.15. The number of aromatic nitrogens is 2. The topological polar surface area (TPSA) is 76.3 Å². The van der Waals surface area contributed by atoms with Gasteiger partial charge in [-0.05, 0) is 18.6 Å². The molecule has 1 saturated heterocycles. The normalized spacial score (nSPS) is 18.5. The lowest BCUT2D eigenvalue weighted by molar-refractivity contribution is 0.354. The maximum absolute atomic E-state index is 12.7. The highest BCUT2D eigenvalue weighted by Gasteiger charge is 2.35. The van der Waals surface area contributed by atoms with E-state index in [1.54, 1.807) is 30.3 Å².